The molecule has 0 spiro atoms. The highest BCUT2D eigenvalue weighted by Crippen LogP contribution is 1.93. The normalized spacial score (nSPS) is 13.9. The molecule has 0 aromatic carbocycles. The average Bonchev–Trinajstić information content (AvgIpc) is 2.24. The van der Waals surface area contributed by atoms with E-state index in [0.29, 0.717) is 6.54 Å². The van der Waals surface area contributed by atoms with Gasteiger partial charge in [0.2, 0.25) is 0 Å². The van der Waals surface area contributed by atoms with Crippen molar-refractivity contribution in [2.45, 2.75) is 25.4 Å². The first-order valence-electron chi connectivity index (χ1n) is 5.43. The van der Waals surface area contributed by atoms with Crippen LogP contribution in [0.5, 0.6) is 0 Å². The van der Waals surface area contributed by atoms with Gasteiger partial charge in [-0.1, -0.05) is 6.08 Å². The van der Waals surface area contributed by atoms with Crippen molar-refractivity contribution in [1.82, 2.24) is 15.5 Å². The molecule has 3 N–H and O–H groups in total. The van der Waals surface area contributed by atoms with E-state index >= 15 is 0 Å². The van der Waals surface area contributed by atoms with Crippen LogP contribution in [0.4, 0.5) is 4.79 Å². The van der Waals surface area contributed by atoms with E-state index in [4.69, 9.17) is 5.11 Å². The third-order valence-electron chi connectivity index (χ3n) is 2.45. The number of carbonyl (C=O) groups excluding carboxylic acids is 1. The Morgan fingerprint density at radius 2 is 2.06 bits per heavy atom. The number of nitrogens with one attached hydrogen (secondary N) is 2. The molecular weight excluding hydrogens is 222 g/mol. The monoisotopic (exact) mass is 243 g/mol. The Hall–Kier alpha value is -1.56. The molecular formula is C11H21N3O3. The van der Waals surface area contributed by atoms with Crippen molar-refractivity contribution in [2.24, 2.45) is 0 Å². The maximum Gasteiger partial charge on any atom is 0.326 e. The predicted octanol–water partition coefficient (Wildman–Crippen LogP) is 0.265. The Morgan fingerprint density at radius 3 is 2.47 bits per heavy atom. The van der Waals surface area contributed by atoms with Crippen molar-refractivity contribution < 1.29 is 14.7 Å². The zero-order valence-electron chi connectivity index (χ0n) is 10.6. The molecule has 2 atom stereocenters. The fraction of sp³-hybridized carbons (Fsp3) is 0.636. The number of carboxylic acid groups (broad SMARTS) is 1. The second-order valence-electron chi connectivity index (χ2n) is 4.08. The van der Waals surface area contributed by atoms with E-state index in [2.05, 4.69) is 17.2 Å². The number of amides is 2. The van der Waals surface area contributed by atoms with Crippen LogP contribution in [-0.4, -0.2) is 54.7 Å². The summed E-state index contributed by atoms with van der Waals surface area (Å²) in [5.41, 5.74) is 0. The number of aliphatic carboxylic acids is 1. The van der Waals surface area contributed by atoms with Crippen LogP contribution in [0.25, 0.3) is 0 Å². The van der Waals surface area contributed by atoms with E-state index in [0.717, 1.165) is 0 Å². The molecule has 0 radical (unpaired) electrons. The minimum Gasteiger partial charge on any atom is -0.480 e. The summed E-state index contributed by atoms with van der Waals surface area (Å²) in [6.07, 6.45) is 1.66. The third-order valence-corrected chi connectivity index (χ3v) is 2.45. The van der Waals surface area contributed by atoms with Crippen molar-refractivity contribution in [1.29, 1.82) is 0 Å². The standard InChI is InChI=1S/C11H21N3O3/c1-5-6-9(10(15)16)13-11(17)12-7-8(2)14(3)4/h5,8-9H,1,6-7H2,2-4H3,(H,15,16)(H2,12,13,17). The van der Waals surface area contributed by atoms with Gasteiger partial charge in [-0.3, -0.25) is 0 Å². The predicted molar refractivity (Wildman–Crippen MR) is 65.9 cm³/mol. The molecule has 0 saturated carbocycles. The molecule has 0 saturated heterocycles. The highest BCUT2D eigenvalue weighted by atomic mass is 16.4. The summed E-state index contributed by atoms with van der Waals surface area (Å²) in [6, 6.07) is -1.22. The van der Waals surface area contributed by atoms with E-state index in [1.807, 2.05) is 25.9 Å². The van der Waals surface area contributed by atoms with Gasteiger partial charge in [-0.15, -0.1) is 6.58 Å². The lowest BCUT2D eigenvalue weighted by Gasteiger charge is -2.21. The highest BCUT2D eigenvalue weighted by Gasteiger charge is 2.18. The summed E-state index contributed by atoms with van der Waals surface area (Å²) in [5, 5.41) is 13.8. The minimum absolute atomic E-state index is 0.184. The summed E-state index contributed by atoms with van der Waals surface area (Å²) in [6.45, 7) is 5.86. The van der Waals surface area contributed by atoms with E-state index in [-0.39, 0.29) is 12.5 Å². The SMILES string of the molecule is C=CCC(NC(=O)NCC(C)N(C)C)C(=O)O. The van der Waals surface area contributed by atoms with E-state index < -0.39 is 18.0 Å². The lowest BCUT2D eigenvalue weighted by atomic mass is 10.2. The van der Waals surface area contributed by atoms with Gasteiger partial charge >= 0.3 is 12.0 Å². The van der Waals surface area contributed by atoms with Crippen LogP contribution in [-0.2, 0) is 4.79 Å². The first-order valence-corrected chi connectivity index (χ1v) is 5.43. The molecule has 0 fully saturated rings. The van der Waals surface area contributed by atoms with Gasteiger partial charge in [0, 0.05) is 12.6 Å². The van der Waals surface area contributed by atoms with Gasteiger partial charge in [0.05, 0.1) is 0 Å². The largest absolute Gasteiger partial charge is 0.480 e. The number of carboxylic acids is 1. The maximum absolute atomic E-state index is 11.4. The molecule has 6 heteroatoms. The van der Waals surface area contributed by atoms with Gasteiger partial charge in [0.1, 0.15) is 6.04 Å². The van der Waals surface area contributed by atoms with Crippen LogP contribution >= 0.6 is 0 Å². The molecule has 0 aliphatic rings. The first kappa shape index (κ1) is 15.4. The Labute approximate surface area is 102 Å². The van der Waals surface area contributed by atoms with Crippen molar-refractivity contribution in [3.63, 3.8) is 0 Å². The summed E-state index contributed by atoms with van der Waals surface area (Å²) in [4.78, 5) is 24.2. The molecule has 98 valence electrons. The number of hydrogen-bond donors (Lipinski definition) is 3. The summed E-state index contributed by atoms with van der Waals surface area (Å²) in [7, 11) is 3.81. The summed E-state index contributed by atoms with van der Waals surface area (Å²) in [5.74, 6) is -1.07. The Kier molecular flexibility index (Phi) is 6.97. The molecule has 0 bridgehead atoms. The lowest BCUT2D eigenvalue weighted by Crippen LogP contribution is -2.48. The number of urea groups is 1. The fourth-order valence-corrected chi connectivity index (χ4v) is 1.02. The van der Waals surface area contributed by atoms with Crippen molar-refractivity contribution in [2.75, 3.05) is 20.6 Å². The van der Waals surface area contributed by atoms with Gasteiger partial charge in [-0.25, -0.2) is 9.59 Å². The van der Waals surface area contributed by atoms with Gasteiger partial charge in [0.15, 0.2) is 0 Å². The van der Waals surface area contributed by atoms with Gasteiger partial charge in [0.25, 0.3) is 0 Å². The Balaban J connectivity index is 4.06. The average molecular weight is 243 g/mol. The maximum atomic E-state index is 11.4. The van der Waals surface area contributed by atoms with E-state index in [1.165, 1.54) is 6.08 Å². The topological polar surface area (TPSA) is 81.7 Å². The molecule has 0 aromatic heterocycles. The molecule has 2 unspecified atom stereocenters. The fourth-order valence-electron chi connectivity index (χ4n) is 1.02. The van der Waals surface area contributed by atoms with Crippen molar-refractivity contribution in [3.8, 4) is 0 Å². The van der Waals surface area contributed by atoms with Crippen LogP contribution in [0.1, 0.15) is 13.3 Å². The van der Waals surface area contributed by atoms with Crippen LogP contribution in [0.15, 0.2) is 12.7 Å². The Bertz CT molecular complexity index is 279. The summed E-state index contributed by atoms with van der Waals surface area (Å²) >= 11 is 0. The smallest absolute Gasteiger partial charge is 0.326 e. The molecule has 0 aliphatic heterocycles. The molecule has 6 nitrogen and oxygen atoms in total. The third kappa shape index (κ3) is 6.57. The minimum atomic E-state index is -1.07. The summed E-state index contributed by atoms with van der Waals surface area (Å²) < 4.78 is 0. The van der Waals surface area contributed by atoms with Crippen LogP contribution in [0.2, 0.25) is 0 Å². The van der Waals surface area contributed by atoms with Gasteiger partial charge in [-0.2, -0.15) is 0 Å². The van der Waals surface area contributed by atoms with E-state index in [9.17, 15) is 9.59 Å². The van der Waals surface area contributed by atoms with Crippen LogP contribution in [0, 0.1) is 0 Å². The number of nitrogens with zero attached hydrogens (tertiary/aromatic N) is 1. The highest BCUT2D eigenvalue weighted by molar-refractivity contribution is 5.82. The molecule has 2 amide bonds. The van der Waals surface area contributed by atoms with E-state index in [1.54, 1.807) is 0 Å². The first-order chi connectivity index (χ1) is 7.88. The van der Waals surface area contributed by atoms with Gasteiger partial charge in [-0.05, 0) is 27.4 Å². The molecule has 0 heterocycles. The number of carbonyl (C=O) groups is 2. The zero-order chi connectivity index (χ0) is 13.4. The second kappa shape index (κ2) is 7.67. The molecule has 0 rings (SSSR count). The quantitative estimate of drug-likeness (QED) is 0.560. The molecule has 17 heavy (non-hydrogen) atoms. The lowest BCUT2D eigenvalue weighted by molar-refractivity contribution is -0.139. The molecule has 0 aliphatic carbocycles. The number of likely N-dealkylation sites (N-methyl/N-ethyl adjacent to an activating group) is 1. The number of rotatable bonds is 7. The number of hydrogen-bond acceptors (Lipinski definition) is 3. The Morgan fingerprint density at radius 1 is 1.47 bits per heavy atom. The second-order valence-corrected chi connectivity index (χ2v) is 4.08. The van der Waals surface area contributed by atoms with Crippen LogP contribution in [0.3, 0.4) is 0 Å². The van der Waals surface area contributed by atoms with Crippen LogP contribution < -0.4 is 10.6 Å². The van der Waals surface area contributed by atoms with Gasteiger partial charge < -0.3 is 20.6 Å². The van der Waals surface area contributed by atoms with Crippen molar-refractivity contribution in [3.05, 3.63) is 12.7 Å². The zero-order valence-corrected chi connectivity index (χ0v) is 10.6. The van der Waals surface area contributed by atoms with Crippen molar-refractivity contribution >= 4 is 12.0 Å². The molecule has 0 aromatic rings.